The number of hydrogen-bond donors (Lipinski definition) is 2. The monoisotopic (exact) mass is 374 g/mol. The molecule has 0 aliphatic rings. The van der Waals surface area contributed by atoms with Crippen LogP contribution in [0.4, 0.5) is 4.79 Å². The van der Waals surface area contributed by atoms with Crippen molar-refractivity contribution >= 4 is 169 Å². The molecule has 0 aromatic heterocycles. The van der Waals surface area contributed by atoms with Crippen molar-refractivity contribution in [3.8, 4) is 0 Å². The van der Waals surface area contributed by atoms with Gasteiger partial charge in [0.2, 0.25) is 0 Å². The predicted octanol–water partition coefficient (Wildman–Crippen LogP) is -0.537. The van der Waals surface area contributed by atoms with Gasteiger partial charge in [-0.25, -0.2) is 14.4 Å². The van der Waals surface area contributed by atoms with Crippen LogP contribution in [0, 0.1) is 0 Å². The van der Waals surface area contributed by atoms with Gasteiger partial charge in [0.05, 0.1) is 0 Å². The minimum atomic E-state index is -1.37. The maximum absolute atomic E-state index is 10.7. The first-order chi connectivity index (χ1) is 6.34. The van der Waals surface area contributed by atoms with Crippen molar-refractivity contribution in [2.45, 2.75) is 26.1 Å². The van der Waals surface area contributed by atoms with Gasteiger partial charge < -0.3 is 31.1 Å². The Kier molecular flexibility index (Phi) is 33.5. The van der Waals surface area contributed by atoms with Crippen molar-refractivity contribution in [1.82, 2.24) is 0 Å². The van der Waals surface area contributed by atoms with Crippen molar-refractivity contribution in [3.63, 3.8) is 0 Å². The zero-order valence-corrected chi connectivity index (χ0v) is 19.3. The number of aliphatic carboxylic acids is 2. The van der Waals surface area contributed by atoms with E-state index in [2.05, 4.69) is 9.47 Å². The van der Waals surface area contributed by atoms with Gasteiger partial charge in [0.25, 0.3) is 0 Å². The number of carboxylic acid groups (broad SMARTS) is 2. The Bertz CT molecular complexity index is 259. The van der Waals surface area contributed by atoms with Crippen molar-refractivity contribution in [1.29, 1.82) is 0 Å². The molecule has 0 aromatic carbocycles. The fraction of sp³-hybridized carbons (Fsp3) is 0.571. The van der Waals surface area contributed by atoms with Crippen molar-refractivity contribution in [3.05, 3.63) is 0 Å². The molecule has 0 radical (unpaired) electrons. The van der Waals surface area contributed by atoms with Gasteiger partial charge in [-0.05, 0) is 13.8 Å². The Morgan fingerprint density at radius 2 is 1.06 bits per heavy atom. The summed E-state index contributed by atoms with van der Waals surface area (Å²) in [5.41, 5.74) is 0. The summed E-state index contributed by atoms with van der Waals surface area (Å²) in [5.74, 6) is -2.69. The van der Waals surface area contributed by atoms with E-state index in [0.29, 0.717) is 0 Å². The summed E-state index contributed by atoms with van der Waals surface area (Å²) in [6.07, 6.45) is -4.07. The SMILES string of the molecule is CC(OC(=O)OC(C)C(=O)O)C(=O)O.[Ca+2].[Ca+2].[Ca+2].[Ca+2].[H-].[H-].[H-].[H-].[H-].[H-].[H-].[H-]. The third-order valence-corrected chi connectivity index (χ3v) is 1.24. The average Bonchev–Trinajstić information content (AvgIpc) is 2.03. The molecule has 11 heteroatoms. The largest absolute Gasteiger partial charge is 2.00 e. The Morgan fingerprint density at radius 1 is 0.833 bits per heavy atom. The number of carbonyl (C=O) groups excluding carboxylic acids is 1. The van der Waals surface area contributed by atoms with Gasteiger partial charge in [-0.1, -0.05) is 0 Å². The van der Waals surface area contributed by atoms with E-state index in [9.17, 15) is 14.4 Å². The molecule has 0 fully saturated rings. The van der Waals surface area contributed by atoms with Gasteiger partial charge >= 0.3 is 169 Å². The molecule has 2 atom stereocenters. The van der Waals surface area contributed by atoms with E-state index in [0.717, 1.165) is 13.8 Å². The quantitative estimate of drug-likeness (QED) is 0.502. The predicted molar refractivity (Wildman–Crippen MR) is 73.7 cm³/mol. The maximum Gasteiger partial charge on any atom is 2.00 e. The first-order valence-corrected chi connectivity index (χ1v) is 3.67. The van der Waals surface area contributed by atoms with Crippen LogP contribution < -0.4 is 0 Å². The fourth-order valence-corrected chi connectivity index (χ4v) is 0.417. The molecule has 0 heterocycles. The Morgan fingerprint density at radius 3 is 1.22 bits per heavy atom. The van der Waals surface area contributed by atoms with E-state index in [4.69, 9.17) is 10.2 Å². The zero-order chi connectivity index (χ0) is 11.3. The molecule has 96 valence electrons. The number of carbonyl (C=O) groups is 3. The molecule has 0 spiro atoms. The van der Waals surface area contributed by atoms with E-state index in [1.165, 1.54) is 0 Å². The summed E-state index contributed by atoms with van der Waals surface area (Å²) in [7, 11) is 0. The Balaban J connectivity index is -0.0000000128. The Labute approximate surface area is 236 Å². The number of carboxylic acids is 2. The van der Waals surface area contributed by atoms with Gasteiger partial charge in [0.15, 0.2) is 12.2 Å². The van der Waals surface area contributed by atoms with Crippen LogP contribution in [0.5, 0.6) is 0 Å². The second-order valence-electron chi connectivity index (χ2n) is 2.45. The first kappa shape index (κ1) is 33.0. The van der Waals surface area contributed by atoms with Crippen LogP contribution in [-0.2, 0) is 19.1 Å². The van der Waals surface area contributed by atoms with Crippen LogP contribution in [0.3, 0.4) is 0 Å². The van der Waals surface area contributed by atoms with Gasteiger partial charge in [0.1, 0.15) is 0 Å². The standard InChI is InChI=1S/C7H10O7.4Ca.8H/c1-3(5(8)9)13-7(12)14-4(2)6(10)11;;;;;;;;;;;;/h3-4H,1-2H3,(H,8,9)(H,10,11);;;;;;;;;;;;/q;4*+2;8*-1. The van der Waals surface area contributed by atoms with Gasteiger partial charge in [-0.2, -0.15) is 0 Å². The van der Waals surface area contributed by atoms with E-state index < -0.39 is 30.3 Å². The molecule has 0 rings (SSSR count). The second-order valence-corrected chi connectivity index (χ2v) is 2.45. The third kappa shape index (κ3) is 17.3. The summed E-state index contributed by atoms with van der Waals surface area (Å²) in [6.45, 7) is 2.24. The Hall–Kier alpha value is 3.25. The molecule has 0 saturated carbocycles. The van der Waals surface area contributed by atoms with Crippen molar-refractivity contribution in [2.24, 2.45) is 0 Å². The number of ether oxygens (including phenoxy) is 2. The molecule has 2 N–H and O–H groups in total. The third-order valence-electron chi connectivity index (χ3n) is 1.24. The van der Waals surface area contributed by atoms with Crippen LogP contribution in [0.15, 0.2) is 0 Å². The van der Waals surface area contributed by atoms with Gasteiger partial charge in [-0.3, -0.25) is 0 Å². The van der Waals surface area contributed by atoms with Crippen LogP contribution in [0.2, 0.25) is 0 Å². The summed E-state index contributed by atoms with van der Waals surface area (Å²) in [4.78, 5) is 31.1. The average molecular weight is 375 g/mol. The van der Waals surface area contributed by atoms with Crippen LogP contribution >= 0.6 is 0 Å². The summed E-state index contributed by atoms with van der Waals surface area (Å²) in [6, 6.07) is 0. The van der Waals surface area contributed by atoms with Crippen LogP contribution in [0.1, 0.15) is 25.3 Å². The maximum atomic E-state index is 10.7. The first-order valence-electron chi connectivity index (χ1n) is 3.67. The fourth-order valence-electron chi connectivity index (χ4n) is 0.417. The van der Waals surface area contributed by atoms with Gasteiger partial charge in [-0.15, -0.1) is 0 Å². The zero-order valence-electron chi connectivity index (χ0n) is 18.4. The molecule has 0 aromatic rings. The molecule has 2 unspecified atom stereocenters. The minimum Gasteiger partial charge on any atom is -1.00 e. The molecule has 0 bridgehead atoms. The minimum absolute atomic E-state index is 0. The summed E-state index contributed by atoms with van der Waals surface area (Å²) >= 11 is 0. The molecule has 0 aliphatic heterocycles. The molecule has 18 heavy (non-hydrogen) atoms. The number of hydrogen-bond acceptors (Lipinski definition) is 5. The topological polar surface area (TPSA) is 110 Å². The van der Waals surface area contributed by atoms with E-state index in [1.807, 2.05) is 0 Å². The molecule has 7 nitrogen and oxygen atoms in total. The van der Waals surface area contributed by atoms with Crippen molar-refractivity contribution < 1.29 is 45.5 Å². The molecule has 0 amide bonds. The summed E-state index contributed by atoms with van der Waals surface area (Å²) < 4.78 is 8.42. The van der Waals surface area contributed by atoms with Crippen molar-refractivity contribution in [2.75, 3.05) is 0 Å². The van der Waals surface area contributed by atoms with E-state index in [1.54, 1.807) is 0 Å². The second kappa shape index (κ2) is 18.3. The molecular formula is C7H18Ca4O7. The molecule has 0 aliphatic carbocycles. The molecule has 0 saturated heterocycles. The van der Waals surface area contributed by atoms with Crippen LogP contribution in [-0.4, -0.2) is 191 Å². The number of rotatable bonds is 4. The smallest absolute Gasteiger partial charge is 1.00 e. The van der Waals surface area contributed by atoms with Crippen LogP contribution in [0.25, 0.3) is 0 Å². The van der Waals surface area contributed by atoms with E-state index in [-0.39, 0.29) is 162 Å². The normalized spacial score (nSPS) is 10.8. The molecular weight excluding hydrogens is 356 g/mol. The van der Waals surface area contributed by atoms with Gasteiger partial charge in [0, 0.05) is 0 Å². The summed E-state index contributed by atoms with van der Waals surface area (Å²) in [5, 5.41) is 16.7. The van der Waals surface area contributed by atoms with E-state index >= 15 is 0 Å².